The van der Waals surface area contributed by atoms with Crippen molar-refractivity contribution in [2.45, 2.75) is 31.9 Å². The zero-order valence-electron chi connectivity index (χ0n) is 17.0. The number of alkyl halides is 2. The van der Waals surface area contributed by atoms with E-state index in [1.54, 1.807) is 39.5 Å². The lowest BCUT2D eigenvalue weighted by molar-refractivity contribution is 0.116. The molecule has 0 amide bonds. The van der Waals surface area contributed by atoms with E-state index in [-0.39, 0.29) is 24.2 Å². The molecule has 1 saturated heterocycles. The molecule has 2 aromatic heterocycles. The molecule has 1 aliphatic rings. The Morgan fingerprint density at radius 1 is 1.06 bits per heavy atom. The molecule has 0 bridgehead atoms. The van der Waals surface area contributed by atoms with Crippen molar-refractivity contribution in [2.24, 2.45) is 0 Å². The zero-order valence-corrected chi connectivity index (χ0v) is 17.0. The van der Waals surface area contributed by atoms with Gasteiger partial charge in [0.2, 0.25) is 5.89 Å². The van der Waals surface area contributed by atoms with Crippen LogP contribution in [0.15, 0.2) is 51.7 Å². The van der Waals surface area contributed by atoms with Crippen LogP contribution in [0.1, 0.15) is 36.8 Å². The SMILES string of the molecule is O=c1n(Cc2ccc(-c3nnc(C(F)F)o3)cc2)c2cc(F)ccc2n1C1CCNCC1. The summed E-state index contributed by atoms with van der Waals surface area (Å²) >= 11 is 0. The van der Waals surface area contributed by atoms with Crippen molar-refractivity contribution in [1.29, 1.82) is 0 Å². The van der Waals surface area contributed by atoms with Gasteiger partial charge >= 0.3 is 12.1 Å². The van der Waals surface area contributed by atoms with Crippen LogP contribution in [0, 0.1) is 5.82 Å². The van der Waals surface area contributed by atoms with Crippen molar-refractivity contribution in [2.75, 3.05) is 13.1 Å². The highest BCUT2D eigenvalue weighted by atomic mass is 19.3. The van der Waals surface area contributed by atoms with Gasteiger partial charge in [0.05, 0.1) is 17.6 Å². The normalized spacial score (nSPS) is 15.1. The molecule has 2 aromatic carbocycles. The summed E-state index contributed by atoms with van der Waals surface area (Å²) in [6, 6.07) is 11.3. The van der Waals surface area contributed by atoms with Crippen molar-refractivity contribution in [3.8, 4) is 11.5 Å². The Hall–Kier alpha value is -3.40. The second-order valence-corrected chi connectivity index (χ2v) is 7.80. The first-order valence-corrected chi connectivity index (χ1v) is 10.3. The predicted octanol–water partition coefficient (Wildman–Crippen LogP) is 3.90. The topological polar surface area (TPSA) is 77.9 Å². The fourth-order valence-electron chi connectivity index (χ4n) is 4.20. The van der Waals surface area contributed by atoms with E-state index in [0.29, 0.717) is 16.6 Å². The van der Waals surface area contributed by atoms with Crippen LogP contribution in [0.3, 0.4) is 0 Å². The molecule has 0 spiro atoms. The van der Waals surface area contributed by atoms with Crippen LogP contribution in [0.25, 0.3) is 22.5 Å². The van der Waals surface area contributed by atoms with Crippen LogP contribution in [0.2, 0.25) is 0 Å². The number of hydrogen-bond acceptors (Lipinski definition) is 5. The summed E-state index contributed by atoms with van der Waals surface area (Å²) < 4.78 is 47.7. The Morgan fingerprint density at radius 3 is 2.50 bits per heavy atom. The van der Waals surface area contributed by atoms with E-state index in [0.717, 1.165) is 31.5 Å². The van der Waals surface area contributed by atoms with Gasteiger partial charge in [0.25, 0.3) is 5.89 Å². The second-order valence-electron chi connectivity index (χ2n) is 7.80. The van der Waals surface area contributed by atoms with Gasteiger partial charge in [0.1, 0.15) is 5.82 Å². The summed E-state index contributed by atoms with van der Waals surface area (Å²) in [5.74, 6) is -1.15. The number of fused-ring (bicyclic) bond motifs is 1. The highest BCUT2D eigenvalue weighted by molar-refractivity contribution is 5.76. The summed E-state index contributed by atoms with van der Waals surface area (Å²) in [6.07, 6.45) is -1.17. The van der Waals surface area contributed by atoms with Gasteiger partial charge in [-0.15, -0.1) is 10.2 Å². The van der Waals surface area contributed by atoms with Gasteiger partial charge < -0.3 is 9.73 Å². The number of halogens is 3. The third-order valence-electron chi connectivity index (χ3n) is 5.77. The predicted molar refractivity (Wildman–Crippen MR) is 111 cm³/mol. The smallest absolute Gasteiger partial charge is 0.329 e. The molecule has 1 N–H and O–H groups in total. The van der Waals surface area contributed by atoms with Gasteiger partial charge in [-0.3, -0.25) is 9.13 Å². The van der Waals surface area contributed by atoms with Crippen LogP contribution >= 0.6 is 0 Å². The average molecular weight is 443 g/mol. The first kappa shape index (κ1) is 20.5. The minimum absolute atomic E-state index is 0.00593. The van der Waals surface area contributed by atoms with Crippen molar-refractivity contribution < 1.29 is 17.6 Å². The number of imidazole rings is 1. The van der Waals surface area contributed by atoms with E-state index in [1.807, 2.05) is 0 Å². The molecule has 0 atom stereocenters. The lowest BCUT2D eigenvalue weighted by atomic mass is 10.1. The van der Waals surface area contributed by atoms with E-state index >= 15 is 0 Å². The summed E-state index contributed by atoms with van der Waals surface area (Å²) in [7, 11) is 0. The molecule has 0 aliphatic carbocycles. The van der Waals surface area contributed by atoms with E-state index in [4.69, 9.17) is 4.42 Å². The lowest BCUT2D eigenvalue weighted by Gasteiger charge is -2.23. The average Bonchev–Trinajstić information content (AvgIpc) is 3.39. The maximum atomic E-state index is 14.0. The Balaban J connectivity index is 1.49. The lowest BCUT2D eigenvalue weighted by Crippen LogP contribution is -2.35. The molecule has 10 heteroatoms. The Morgan fingerprint density at radius 2 is 1.81 bits per heavy atom. The fourth-order valence-corrected chi connectivity index (χ4v) is 4.20. The van der Waals surface area contributed by atoms with Gasteiger partial charge in [-0.05, 0) is 61.8 Å². The maximum Gasteiger partial charge on any atom is 0.329 e. The molecule has 0 saturated carbocycles. The van der Waals surface area contributed by atoms with Crippen molar-refractivity contribution in [3.05, 3.63) is 70.2 Å². The number of nitrogens with one attached hydrogen (secondary N) is 1. The molecule has 7 nitrogen and oxygen atoms in total. The molecular formula is C22H20F3N5O2. The van der Waals surface area contributed by atoms with Crippen molar-refractivity contribution in [3.63, 3.8) is 0 Å². The molecule has 166 valence electrons. The molecule has 1 fully saturated rings. The third-order valence-corrected chi connectivity index (χ3v) is 5.77. The minimum Gasteiger partial charge on any atom is -0.415 e. The number of nitrogens with zero attached hydrogens (tertiary/aromatic N) is 4. The third kappa shape index (κ3) is 3.70. The minimum atomic E-state index is -2.83. The number of piperidine rings is 1. The molecule has 0 unspecified atom stereocenters. The quantitative estimate of drug-likeness (QED) is 0.506. The van der Waals surface area contributed by atoms with E-state index in [1.165, 1.54) is 12.1 Å². The summed E-state index contributed by atoms with van der Waals surface area (Å²) in [5, 5.41) is 10.3. The Labute approximate surface area is 180 Å². The first-order chi connectivity index (χ1) is 15.5. The number of rotatable bonds is 5. The van der Waals surface area contributed by atoms with Gasteiger partial charge in [-0.2, -0.15) is 8.78 Å². The van der Waals surface area contributed by atoms with Crippen molar-refractivity contribution >= 4 is 11.0 Å². The largest absolute Gasteiger partial charge is 0.415 e. The van der Waals surface area contributed by atoms with Crippen LogP contribution in [0.5, 0.6) is 0 Å². The standard InChI is InChI=1S/C22H20F3N5O2/c23-15-5-6-17-18(11-15)29(22(31)30(17)16-7-9-26-10-8-16)12-13-1-3-14(4-2-13)20-27-28-21(32-20)19(24)25/h1-6,11,16,19,26H,7-10,12H2. The number of aromatic nitrogens is 4. The van der Waals surface area contributed by atoms with Gasteiger partial charge in [-0.25, -0.2) is 9.18 Å². The summed E-state index contributed by atoms with van der Waals surface area (Å²) in [4.78, 5) is 13.3. The maximum absolute atomic E-state index is 14.0. The summed E-state index contributed by atoms with van der Waals surface area (Å²) in [6.45, 7) is 1.90. The van der Waals surface area contributed by atoms with E-state index in [2.05, 4.69) is 15.5 Å². The Bertz CT molecular complexity index is 1300. The second kappa shape index (κ2) is 8.27. The fraction of sp³-hybridized carbons (Fsp3) is 0.318. The highest BCUT2D eigenvalue weighted by Gasteiger charge is 2.23. The molecule has 1 aliphatic heterocycles. The van der Waals surface area contributed by atoms with Crippen LogP contribution in [0.4, 0.5) is 13.2 Å². The Kier molecular flexibility index (Phi) is 5.30. The number of benzene rings is 2. The van der Waals surface area contributed by atoms with Crippen molar-refractivity contribution in [1.82, 2.24) is 24.6 Å². The molecule has 4 aromatic rings. The van der Waals surface area contributed by atoms with Gasteiger partial charge in [-0.1, -0.05) is 12.1 Å². The van der Waals surface area contributed by atoms with Gasteiger partial charge in [0.15, 0.2) is 0 Å². The molecule has 3 heterocycles. The van der Waals surface area contributed by atoms with E-state index < -0.39 is 18.1 Å². The van der Waals surface area contributed by atoms with Crippen LogP contribution < -0.4 is 11.0 Å². The van der Waals surface area contributed by atoms with E-state index in [9.17, 15) is 18.0 Å². The number of hydrogen-bond donors (Lipinski definition) is 1. The van der Waals surface area contributed by atoms with Gasteiger partial charge in [0, 0.05) is 11.6 Å². The van der Waals surface area contributed by atoms with Crippen LogP contribution in [-0.2, 0) is 6.54 Å². The molecule has 5 rings (SSSR count). The van der Waals surface area contributed by atoms with Crippen LogP contribution in [-0.4, -0.2) is 32.4 Å². The highest BCUT2D eigenvalue weighted by Crippen LogP contribution is 2.26. The zero-order chi connectivity index (χ0) is 22.2. The monoisotopic (exact) mass is 443 g/mol. The first-order valence-electron chi connectivity index (χ1n) is 10.3. The molecule has 0 radical (unpaired) electrons. The molecule has 32 heavy (non-hydrogen) atoms. The summed E-state index contributed by atoms with van der Waals surface area (Å²) in [5.41, 5.74) is 2.35. The molecular weight excluding hydrogens is 423 g/mol.